The summed E-state index contributed by atoms with van der Waals surface area (Å²) in [5.41, 5.74) is 0.340. The van der Waals surface area contributed by atoms with Crippen molar-refractivity contribution in [2.24, 2.45) is 0 Å². The molecule has 0 aliphatic carbocycles. The standard InChI is InChI=1S/C19H15F3N4O/c20-13-6-4-12(5-7-13)8-9-23-17-11-24-16(10-25-17)19(27)26-18-14(21)2-1-3-15(18)22/h1-7,10-11H,8-9H2,(H,23,25)(H,26,27). The van der Waals surface area contributed by atoms with Crippen molar-refractivity contribution in [3.8, 4) is 0 Å². The number of benzene rings is 2. The van der Waals surface area contributed by atoms with Gasteiger partial charge >= 0.3 is 0 Å². The van der Waals surface area contributed by atoms with E-state index < -0.39 is 23.2 Å². The molecule has 138 valence electrons. The molecule has 0 saturated carbocycles. The van der Waals surface area contributed by atoms with Crippen molar-refractivity contribution in [3.63, 3.8) is 0 Å². The molecule has 2 aromatic carbocycles. The van der Waals surface area contributed by atoms with Gasteiger partial charge in [0.15, 0.2) is 0 Å². The summed E-state index contributed by atoms with van der Waals surface area (Å²) in [6.07, 6.45) is 3.20. The van der Waals surface area contributed by atoms with Crippen LogP contribution in [0.25, 0.3) is 0 Å². The first-order chi connectivity index (χ1) is 13.0. The molecule has 0 radical (unpaired) electrons. The van der Waals surface area contributed by atoms with Gasteiger partial charge in [0.2, 0.25) is 0 Å². The fourth-order valence-corrected chi connectivity index (χ4v) is 2.32. The smallest absolute Gasteiger partial charge is 0.276 e. The Balaban J connectivity index is 1.56. The Morgan fingerprint density at radius 1 is 0.926 bits per heavy atom. The third-order valence-electron chi connectivity index (χ3n) is 3.72. The molecule has 0 saturated heterocycles. The van der Waals surface area contributed by atoms with Gasteiger partial charge in [-0.2, -0.15) is 0 Å². The van der Waals surface area contributed by atoms with Crippen LogP contribution in [-0.4, -0.2) is 22.4 Å². The molecule has 1 amide bonds. The van der Waals surface area contributed by atoms with Crippen molar-refractivity contribution < 1.29 is 18.0 Å². The van der Waals surface area contributed by atoms with Gasteiger partial charge in [0.1, 0.15) is 34.7 Å². The van der Waals surface area contributed by atoms with Gasteiger partial charge in [0.05, 0.1) is 12.4 Å². The Morgan fingerprint density at radius 3 is 2.26 bits per heavy atom. The molecule has 3 aromatic rings. The molecule has 3 rings (SSSR count). The minimum atomic E-state index is -0.879. The quantitative estimate of drug-likeness (QED) is 0.691. The lowest BCUT2D eigenvalue weighted by molar-refractivity contribution is 0.102. The first kappa shape index (κ1) is 18.4. The molecular formula is C19H15F3N4O. The normalized spacial score (nSPS) is 10.5. The van der Waals surface area contributed by atoms with Gasteiger partial charge in [-0.05, 0) is 36.2 Å². The number of para-hydroxylation sites is 1. The predicted octanol–water partition coefficient (Wildman–Crippen LogP) is 3.80. The summed E-state index contributed by atoms with van der Waals surface area (Å²) in [6, 6.07) is 9.45. The van der Waals surface area contributed by atoms with E-state index in [4.69, 9.17) is 0 Å². The minimum Gasteiger partial charge on any atom is -0.368 e. The third-order valence-corrected chi connectivity index (χ3v) is 3.72. The molecule has 2 N–H and O–H groups in total. The van der Waals surface area contributed by atoms with Crippen LogP contribution in [0.15, 0.2) is 54.9 Å². The molecule has 1 heterocycles. The second kappa shape index (κ2) is 8.31. The Kier molecular flexibility index (Phi) is 5.65. The molecule has 0 spiro atoms. The molecule has 0 unspecified atom stereocenters. The number of carbonyl (C=O) groups is 1. The zero-order valence-corrected chi connectivity index (χ0v) is 14.0. The summed E-state index contributed by atoms with van der Waals surface area (Å²) in [5.74, 6) is -2.39. The number of carbonyl (C=O) groups excluding carboxylic acids is 1. The average molecular weight is 372 g/mol. The van der Waals surface area contributed by atoms with Crippen LogP contribution >= 0.6 is 0 Å². The molecule has 0 atom stereocenters. The lowest BCUT2D eigenvalue weighted by Crippen LogP contribution is -2.16. The van der Waals surface area contributed by atoms with Crippen LogP contribution in [0, 0.1) is 17.5 Å². The van der Waals surface area contributed by atoms with Gasteiger partial charge < -0.3 is 10.6 Å². The maximum absolute atomic E-state index is 13.6. The van der Waals surface area contributed by atoms with Crippen molar-refractivity contribution in [1.29, 1.82) is 0 Å². The van der Waals surface area contributed by atoms with Crippen molar-refractivity contribution in [2.45, 2.75) is 6.42 Å². The number of hydrogen-bond acceptors (Lipinski definition) is 4. The van der Waals surface area contributed by atoms with E-state index in [1.54, 1.807) is 12.1 Å². The molecule has 0 fully saturated rings. The number of halogens is 3. The SMILES string of the molecule is O=C(Nc1c(F)cccc1F)c1cnc(NCCc2ccc(F)cc2)cn1. The largest absolute Gasteiger partial charge is 0.368 e. The zero-order chi connectivity index (χ0) is 19.2. The molecule has 27 heavy (non-hydrogen) atoms. The summed E-state index contributed by atoms with van der Waals surface area (Å²) < 4.78 is 40.0. The Hall–Kier alpha value is -3.42. The number of nitrogens with one attached hydrogen (secondary N) is 2. The summed E-state index contributed by atoms with van der Waals surface area (Å²) in [4.78, 5) is 20.0. The topological polar surface area (TPSA) is 66.9 Å². The van der Waals surface area contributed by atoms with E-state index in [0.717, 1.165) is 17.7 Å². The predicted molar refractivity (Wildman–Crippen MR) is 94.9 cm³/mol. The van der Waals surface area contributed by atoms with Gasteiger partial charge in [-0.3, -0.25) is 4.79 Å². The molecular weight excluding hydrogens is 357 g/mol. The summed E-state index contributed by atoms with van der Waals surface area (Å²) in [5, 5.41) is 5.16. The van der Waals surface area contributed by atoms with Crippen LogP contribution in [0.1, 0.15) is 16.1 Å². The number of amides is 1. The van der Waals surface area contributed by atoms with Crippen molar-refractivity contribution in [3.05, 3.63) is 83.6 Å². The van der Waals surface area contributed by atoms with Crippen LogP contribution in [0.4, 0.5) is 24.7 Å². The van der Waals surface area contributed by atoms with E-state index >= 15 is 0 Å². The molecule has 8 heteroatoms. The van der Waals surface area contributed by atoms with E-state index in [1.165, 1.54) is 30.6 Å². The van der Waals surface area contributed by atoms with E-state index in [9.17, 15) is 18.0 Å². The van der Waals surface area contributed by atoms with E-state index in [2.05, 4.69) is 20.6 Å². The number of anilines is 2. The van der Waals surface area contributed by atoms with Gasteiger partial charge in [0, 0.05) is 6.54 Å². The van der Waals surface area contributed by atoms with Crippen molar-refractivity contribution in [1.82, 2.24) is 9.97 Å². The average Bonchev–Trinajstić information content (AvgIpc) is 2.67. The lowest BCUT2D eigenvalue weighted by atomic mass is 10.1. The summed E-state index contributed by atoms with van der Waals surface area (Å²) in [6.45, 7) is 0.534. The second-order valence-electron chi connectivity index (χ2n) is 5.64. The highest BCUT2D eigenvalue weighted by Gasteiger charge is 2.14. The first-order valence-electron chi connectivity index (χ1n) is 8.08. The van der Waals surface area contributed by atoms with Crippen molar-refractivity contribution in [2.75, 3.05) is 17.2 Å². The maximum atomic E-state index is 13.6. The highest BCUT2D eigenvalue weighted by molar-refractivity contribution is 6.02. The molecule has 0 aliphatic rings. The molecule has 0 bridgehead atoms. The van der Waals surface area contributed by atoms with Gasteiger partial charge in [-0.1, -0.05) is 18.2 Å². The van der Waals surface area contributed by atoms with Crippen molar-refractivity contribution >= 4 is 17.4 Å². The van der Waals surface area contributed by atoms with E-state index in [0.29, 0.717) is 18.8 Å². The fourth-order valence-electron chi connectivity index (χ4n) is 2.32. The van der Waals surface area contributed by atoms with Crippen LogP contribution in [-0.2, 0) is 6.42 Å². The number of aromatic nitrogens is 2. The second-order valence-corrected chi connectivity index (χ2v) is 5.64. The van der Waals surface area contributed by atoms with Crippen LogP contribution in [0.3, 0.4) is 0 Å². The zero-order valence-electron chi connectivity index (χ0n) is 14.0. The maximum Gasteiger partial charge on any atom is 0.276 e. The van der Waals surface area contributed by atoms with Gasteiger partial charge in [-0.15, -0.1) is 0 Å². The van der Waals surface area contributed by atoms with Crippen LogP contribution < -0.4 is 10.6 Å². The lowest BCUT2D eigenvalue weighted by Gasteiger charge is -2.08. The minimum absolute atomic E-state index is 0.0817. The summed E-state index contributed by atoms with van der Waals surface area (Å²) in [7, 11) is 0. The van der Waals surface area contributed by atoms with E-state index in [1.807, 2.05) is 0 Å². The van der Waals surface area contributed by atoms with Gasteiger partial charge in [-0.25, -0.2) is 23.1 Å². The number of nitrogens with zero attached hydrogens (tertiary/aromatic N) is 2. The Morgan fingerprint density at radius 2 is 1.63 bits per heavy atom. The number of hydrogen-bond donors (Lipinski definition) is 2. The monoisotopic (exact) mass is 372 g/mol. The van der Waals surface area contributed by atoms with Gasteiger partial charge in [0.25, 0.3) is 5.91 Å². The van der Waals surface area contributed by atoms with Crippen LogP contribution in [0.2, 0.25) is 0 Å². The van der Waals surface area contributed by atoms with E-state index in [-0.39, 0.29) is 11.5 Å². The van der Waals surface area contributed by atoms with Crippen LogP contribution in [0.5, 0.6) is 0 Å². The Bertz CT molecular complexity index is 910. The summed E-state index contributed by atoms with van der Waals surface area (Å²) >= 11 is 0. The highest BCUT2D eigenvalue weighted by atomic mass is 19.1. The molecule has 5 nitrogen and oxygen atoms in total. The molecule has 1 aromatic heterocycles. The fraction of sp³-hybridized carbons (Fsp3) is 0.105. The number of rotatable bonds is 6. The Labute approximate surface area is 153 Å². The highest BCUT2D eigenvalue weighted by Crippen LogP contribution is 2.18. The third kappa shape index (κ3) is 4.81. The first-order valence-corrected chi connectivity index (χ1v) is 8.08. The molecule has 0 aliphatic heterocycles.